The molecule has 0 fully saturated rings. The molecule has 0 aliphatic carbocycles. The van der Waals surface area contributed by atoms with E-state index in [-0.39, 0.29) is 22.9 Å². The minimum Gasteiger partial charge on any atom is -0.298 e. The molecule has 10 heteroatoms. The Kier molecular flexibility index (Phi) is 5.10. The lowest BCUT2D eigenvalue weighted by Gasteiger charge is -2.24. The number of nitrogens with one attached hydrogen (secondary N) is 1. The second-order valence-corrected chi connectivity index (χ2v) is 9.17. The third-order valence-corrected chi connectivity index (χ3v) is 7.01. The molecule has 3 rings (SSSR count). The number of halogens is 2. The number of rotatable bonds is 4. The largest absolute Gasteiger partial charge is 0.298 e. The summed E-state index contributed by atoms with van der Waals surface area (Å²) in [6, 6.07) is 4.00. The number of aromatic nitrogens is 1. The van der Waals surface area contributed by atoms with Crippen LogP contribution in [0.1, 0.15) is 27.9 Å². The molecule has 0 spiro atoms. The second kappa shape index (κ2) is 6.99. The normalized spacial score (nSPS) is 15.0. The van der Waals surface area contributed by atoms with Crippen LogP contribution in [0.5, 0.6) is 0 Å². The molecule has 134 valence electrons. The van der Waals surface area contributed by atoms with E-state index < -0.39 is 21.7 Å². The number of benzene rings is 1. The summed E-state index contributed by atoms with van der Waals surface area (Å²) in [7, 11) is -3.27. The lowest BCUT2D eigenvalue weighted by atomic mass is 10.2. The van der Waals surface area contributed by atoms with Crippen molar-refractivity contribution in [3.05, 3.63) is 45.2 Å². The number of sulfonamides is 1. The van der Waals surface area contributed by atoms with Crippen LogP contribution in [0.2, 0.25) is 5.02 Å². The van der Waals surface area contributed by atoms with E-state index in [4.69, 9.17) is 11.6 Å². The van der Waals surface area contributed by atoms with Gasteiger partial charge in [0.15, 0.2) is 5.13 Å². The molecule has 0 atom stereocenters. The highest BCUT2D eigenvalue weighted by Crippen LogP contribution is 2.30. The van der Waals surface area contributed by atoms with E-state index in [9.17, 15) is 17.6 Å². The lowest BCUT2D eigenvalue weighted by molar-refractivity contribution is 0.102. The van der Waals surface area contributed by atoms with Crippen molar-refractivity contribution in [3.63, 3.8) is 0 Å². The first-order valence-electron chi connectivity index (χ1n) is 7.53. The average Bonchev–Trinajstić information content (AvgIpc) is 2.95. The third kappa shape index (κ3) is 3.69. The van der Waals surface area contributed by atoms with Crippen molar-refractivity contribution in [3.8, 4) is 0 Å². The molecule has 25 heavy (non-hydrogen) atoms. The highest BCUT2D eigenvalue weighted by molar-refractivity contribution is 7.89. The molecule has 1 N–H and O–H groups in total. The fraction of sp³-hybridized carbons (Fsp3) is 0.333. The second-order valence-electron chi connectivity index (χ2n) is 5.42. The molecule has 0 radical (unpaired) electrons. The quantitative estimate of drug-likeness (QED) is 0.851. The molecule has 1 aliphatic rings. The van der Waals surface area contributed by atoms with Crippen molar-refractivity contribution in [2.24, 2.45) is 0 Å². The van der Waals surface area contributed by atoms with Gasteiger partial charge in [0.25, 0.3) is 5.91 Å². The molecule has 0 saturated carbocycles. The maximum Gasteiger partial charge on any atom is 0.261 e. The minimum absolute atomic E-state index is 0.0130. The van der Waals surface area contributed by atoms with Gasteiger partial charge >= 0.3 is 0 Å². The van der Waals surface area contributed by atoms with Crippen molar-refractivity contribution >= 4 is 44.0 Å². The van der Waals surface area contributed by atoms with E-state index >= 15 is 0 Å². The molecule has 2 aromatic rings. The van der Waals surface area contributed by atoms with Gasteiger partial charge in [-0.3, -0.25) is 10.1 Å². The van der Waals surface area contributed by atoms with Crippen LogP contribution in [0, 0.1) is 5.82 Å². The maximum absolute atomic E-state index is 13.8. The molecular formula is C15H15ClFN3O3S2. The standard InChI is InChI=1S/C15H15ClFN3O3S2/c1-2-25(22,23)20-7-6-11-12(8-20)24-15(18-11)19-14(21)13-9(16)4-3-5-10(13)17/h3-5H,2,6-8H2,1H3,(H,18,19,21). The average molecular weight is 404 g/mol. The molecule has 6 nitrogen and oxygen atoms in total. The summed E-state index contributed by atoms with van der Waals surface area (Å²) in [5, 5.41) is 2.85. The zero-order valence-corrected chi connectivity index (χ0v) is 15.6. The molecular weight excluding hydrogens is 389 g/mol. The predicted octanol–water partition coefficient (Wildman–Crippen LogP) is 2.90. The lowest BCUT2D eigenvalue weighted by Crippen LogP contribution is -2.36. The summed E-state index contributed by atoms with van der Waals surface area (Å²) < 4.78 is 39.2. The maximum atomic E-state index is 13.8. The molecule has 1 aliphatic heterocycles. The van der Waals surface area contributed by atoms with Gasteiger partial charge in [-0.2, -0.15) is 4.31 Å². The van der Waals surface area contributed by atoms with Crippen molar-refractivity contribution < 1.29 is 17.6 Å². The summed E-state index contributed by atoms with van der Waals surface area (Å²) in [6.07, 6.45) is 0.474. The van der Waals surface area contributed by atoms with Crippen LogP contribution >= 0.6 is 22.9 Å². The van der Waals surface area contributed by atoms with Crippen LogP contribution < -0.4 is 5.32 Å². The van der Waals surface area contributed by atoms with Gasteiger partial charge < -0.3 is 0 Å². The van der Waals surface area contributed by atoms with E-state index in [1.807, 2.05) is 0 Å². The molecule has 0 saturated heterocycles. The Morgan fingerprint density at radius 1 is 1.48 bits per heavy atom. The van der Waals surface area contributed by atoms with Gasteiger partial charge in [0.05, 0.1) is 22.0 Å². The van der Waals surface area contributed by atoms with Crippen molar-refractivity contribution in [1.29, 1.82) is 0 Å². The topological polar surface area (TPSA) is 79.4 Å². The summed E-state index contributed by atoms with van der Waals surface area (Å²) in [6.45, 7) is 2.19. The summed E-state index contributed by atoms with van der Waals surface area (Å²) in [5.41, 5.74) is 0.509. The van der Waals surface area contributed by atoms with Crippen LogP contribution in [-0.4, -0.2) is 35.9 Å². The molecule has 2 heterocycles. The predicted molar refractivity (Wildman–Crippen MR) is 95.1 cm³/mol. The van der Waals surface area contributed by atoms with E-state index in [2.05, 4.69) is 10.3 Å². The minimum atomic E-state index is -3.27. The smallest absolute Gasteiger partial charge is 0.261 e. The number of anilines is 1. The summed E-state index contributed by atoms with van der Waals surface area (Å²) >= 11 is 7.07. The number of carbonyl (C=O) groups is 1. The Balaban J connectivity index is 1.80. The van der Waals surface area contributed by atoms with Gasteiger partial charge in [-0.25, -0.2) is 17.8 Å². The van der Waals surface area contributed by atoms with Crippen LogP contribution in [0.25, 0.3) is 0 Å². The van der Waals surface area contributed by atoms with Gasteiger partial charge in [-0.1, -0.05) is 17.7 Å². The van der Waals surface area contributed by atoms with E-state index in [1.165, 1.54) is 27.8 Å². The van der Waals surface area contributed by atoms with Gasteiger partial charge in [-0.05, 0) is 19.1 Å². The zero-order valence-electron chi connectivity index (χ0n) is 13.3. The van der Waals surface area contributed by atoms with Crippen molar-refractivity contribution in [1.82, 2.24) is 9.29 Å². The van der Waals surface area contributed by atoms with Crippen LogP contribution in [0.15, 0.2) is 18.2 Å². The van der Waals surface area contributed by atoms with Crippen LogP contribution in [-0.2, 0) is 23.0 Å². The Hall–Kier alpha value is -1.55. The van der Waals surface area contributed by atoms with Gasteiger partial charge in [-0.15, -0.1) is 11.3 Å². The number of amides is 1. The fourth-order valence-corrected chi connectivity index (χ4v) is 4.93. The fourth-order valence-electron chi connectivity index (χ4n) is 2.52. The van der Waals surface area contributed by atoms with Gasteiger partial charge in [0.1, 0.15) is 5.82 Å². The third-order valence-electron chi connectivity index (χ3n) is 3.86. The highest BCUT2D eigenvalue weighted by atomic mass is 35.5. The Morgan fingerprint density at radius 2 is 2.24 bits per heavy atom. The highest BCUT2D eigenvalue weighted by Gasteiger charge is 2.28. The summed E-state index contributed by atoms with van der Waals surface area (Å²) in [4.78, 5) is 17.4. The first-order valence-corrected chi connectivity index (χ1v) is 10.3. The summed E-state index contributed by atoms with van der Waals surface area (Å²) in [5.74, 6) is -1.37. The number of fused-ring (bicyclic) bond motifs is 1. The van der Waals surface area contributed by atoms with Crippen LogP contribution in [0.4, 0.5) is 9.52 Å². The molecule has 1 aromatic heterocycles. The number of carbonyl (C=O) groups excluding carboxylic acids is 1. The first kappa shape index (κ1) is 18.2. The van der Waals surface area contributed by atoms with Gasteiger partial charge in [0, 0.05) is 24.4 Å². The Labute approximate surface area is 153 Å². The number of hydrogen-bond acceptors (Lipinski definition) is 5. The molecule has 1 aromatic carbocycles. The number of nitrogens with zero attached hydrogens (tertiary/aromatic N) is 2. The SMILES string of the molecule is CCS(=O)(=O)N1CCc2nc(NC(=O)c3c(F)cccc3Cl)sc2C1. The Bertz CT molecular complexity index is 910. The molecule has 0 unspecified atom stereocenters. The first-order chi connectivity index (χ1) is 11.8. The van der Waals surface area contributed by atoms with Crippen molar-refractivity contribution in [2.45, 2.75) is 19.9 Å². The number of hydrogen-bond donors (Lipinski definition) is 1. The van der Waals surface area contributed by atoms with E-state index in [0.717, 1.165) is 16.6 Å². The van der Waals surface area contributed by atoms with Crippen LogP contribution in [0.3, 0.4) is 0 Å². The zero-order chi connectivity index (χ0) is 18.2. The Morgan fingerprint density at radius 3 is 2.92 bits per heavy atom. The molecule has 0 bridgehead atoms. The number of thiazole rings is 1. The molecule has 1 amide bonds. The van der Waals surface area contributed by atoms with E-state index in [0.29, 0.717) is 18.1 Å². The van der Waals surface area contributed by atoms with E-state index in [1.54, 1.807) is 6.92 Å². The van der Waals surface area contributed by atoms with Crippen molar-refractivity contribution in [2.75, 3.05) is 17.6 Å². The van der Waals surface area contributed by atoms with Gasteiger partial charge in [0.2, 0.25) is 10.0 Å². The monoisotopic (exact) mass is 403 g/mol.